The molecule has 0 saturated carbocycles. The van der Waals surface area contributed by atoms with Crippen molar-refractivity contribution in [2.24, 2.45) is 0 Å². The third kappa shape index (κ3) is 1.28. The predicted molar refractivity (Wildman–Crippen MR) is 50.0 cm³/mol. The maximum Gasteiger partial charge on any atom is 0.162 e. The van der Waals surface area contributed by atoms with Crippen LogP contribution in [0, 0.1) is 0 Å². The zero-order valence-corrected chi connectivity index (χ0v) is 7.19. The average molecular weight is 175 g/mol. The number of aromatic nitrogens is 1. The van der Waals surface area contributed by atoms with Crippen molar-refractivity contribution in [3.8, 4) is 11.5 Å². The fourth-order valence-electron chi connectivity index (χ4n) is 1.25. The van der Waals surface area contributed by atoms with E-state index < -0.39 is 0 Å². The molecule has 66 valence electrons. The summed E-state index contributed by atoms with van der Waals surface area (Å²) in [7, 11) is 1.52. The summed E-state index contributed by atoms with van der Waals surface area (Å²) in [4.78, 5) is 4.14. The van der Waals surface area contributed by atoms with Crippen molar-refractivity contribution < 1.29 is 9.84 Å². The van der Waals surface area contributed by atoms with Crippen molar-refractivity contribution in [3.05, 3.63) is 30.5 Å². The van der Waals surface area contributed by atoms with Crippen LogP contribution >= 0.6 is 0 Å². The van der Waals surface area contributed by atoms with Crippen LogP contribution < -0.4 is 4.74 Å². The van der Waals surface area contributed by atoms with Gasteiger partial charge >= 0.3 is 0 Å². The topological polar surface area (TPSA) is 42.4 Å². The van der Waals surface area contributed by atoms with E-state index in [4.69, 9.17) is 4.74 Å². The van der Waals surface area contributed by atoms with Gasteiger partial charge in [0.2, 0.25) is 0 Å². The molecule has 2 rings (SSSR count). The van der Waals surface area contributed by atoms with Crippen molar-refractivity contribution in [1.29, 1.82) is 0 Å². The van der Waals surface area contributed by atoms with Gasteiger partial charge in [-0.2, -0.15) is 0 Å². The minimum Gasteiger partial charge on any atom is -0.504 e. The number of phenolic OH excluding ortho intramolecular Hbond substituents is 1. The maximum atomic E-state index is 9.46. The zero-order valence-electron chi connectivity index (χ0n) is 7.19. The minimum atomic E-state index is 0.142. The molecule has 0 radical (unpaired) electrons. The first-order valence-corrected chi connectivity index (χ1v) is 3.93. The molecular formula is C10H9NO2. The summed E-state index contributed by atoms with van der Waals surface area (Å²) in [6.45, 7) is 0. The summed E-state index contributed by atoms with van der Waals surface area (Å²) >= 11 is 0. The van der Waals surface area contributed by atoms with E-state index in [9.17, 15) is 5.11 Å². The molecule has 13 heavy (non-hydrogen) atoms. The predicted octanol–water partition coefficient (Wildman–Crippen LogP) is 1.95. The molecule has 1 heterocycles. The number of benzene rings is 1. The number of rotatable bonds is 1. The van der Waals surface area contributed by atoms with Crippen molar-refractivity contribution in [2.45, 2.75) is 0 Å². The first-order valence-electron chi connectivity index (χ1n) is 3.93. The largest absolute Gasteiger partial charge is 0.504 e. The van der Waals surface area contributed by atoms with E-state index >= 15 is 0 Å². The van der Waals surface area contributed by atoms with Crippen molar-refractivity contribution in [1.82, 2.24) is 4.98 Å². The second-order valence-electron chi connectivity index (χ2n) is 2.72. The second kappa shape index (κ2) is 2.94. The normalized spacial score (nSPS) is 10.2. The monoisotopic (exact) mass is 175 g/mol. The number of fused-ring (bicyclic) bond motifs is 1. The van der Waals surface area contributed by atoms with Crippen LogP contribution in [0.15, 0.2) is 30.5 Å². The lowest BCUT2D eigenvalue weighted by molar-refractivity contribution is 0.374. The number of hydrogen-bond acceptors (Lipinski definition) is 3. The van der Waals surface area contributed by atoms with Crippen molar-refractivity contribution >= 4 is 10.9 Å². The number of phenols is 1. The number of aromatic hydroxyl groups is 1. The Labute approximate surface area is 75.6 Å². The number of pyridine rings is 1. The molecule has 1 N–H and O–H groups in total. The lowest BCUT2D eigenvalue weighted by Crippen LogP contribution is -1.85. The highest BCUT2D eigenvalue weighted by atomic mass is 16.5. The Morgan fingerprint density at radius 3 is 3.00 bits per heavy atom. The summed E-state index contributed by atoms with van der Waals surface area (Å²) in [5, 5.41) is 10.4. The molecule has 0 amide bonds. The van der Waals surface area contributed by atoms with Crippen molar-refractivity contribution in [3.63, 3.8) is 0 Å². The highest BCUT2D eigenvalue weighted by molar-refractivity contribution is 5.82. The van der Waals surface area contributed by atoms with Crippen LogP contribution in [-0.2, 0) is 0 Å². The summed E-state index contributed by atoms with van der Waals surface area (Å²) in [6, 6.07) is 7.07. The molecule has 0 aliphatic carbocycles. The fourth-order valence-corrected chi connectivity index (χ4v) is 1.25. The molecule has 0 aliphatic rings. The molecule has 0 fully saturated rings. The van der Waals surface area contributed by atoms with Gasteiger partial charge in [-0.15, -0.1) is 0 Å². The van der Waals surface area contributed by atoms with E-state index in [1.807, 2.05) is 12.1 Å². The number of methoxy groups -OCH3 is 1. The van der Waals surface area contributed by atoms with E-state index in [-0.39, 0.29) is 5.75 Å². The van der Waals surface area contributed by atoms with Gasteiger partial charge in [-0.3, -0.25) is 4.98 Å². The number of nitrogens with zero attached hydrogens (tertiary/aromatic N) is 1. The molecule has 0 unspecified atom stereocenters. The van der Waals surface area contributed by atoms with Gasteiger partial charge in [0.25, 0.3) is 0 Å². The van der Waals surface area contributed by atoms with Crippen LogP contribution in [0.2, 0.25) is 0 Å². The van der Waals surface area contributed by atoms with Crippen LogP contribution in [0.5, 0.6) is 11.5 Å². The SMILES string of the molecule is COc1cc2ncccc2cc1O. The van der Waals surface area contributed by atoms with E-state index in [1.54, 1.807) is 18.3 Å². The summed E-state index contributed by atoms with van der Waals surface area (Å²) in [5.41, 5.74) is 0.817. The average Bonchev–Trinajstić information content (AvgIpc) is 2.17. The van der Waals surface area contributed by atoms with Crippen molar-refractivity contribution in [2.75, 3.05) is 7.11 Å². The molecule has 2 aromatic rings. The number of hydrogen-bond donors (Lipinski definition) is 1. The van der Waals surface area contributed by atoms with Gasteiger partial charge in [-0.05, 0) is 12.1 Å². The van der Waals surface area contributed by atoms with Gasteiger partial charge in [-0.1, -0.05) is 6.07 Å². The van der Waals surface area contributed by atoms with Gasteiger partial charge < -0.3 is 9.84 Å². The van der Waals surface area contributed by atoms with Crippen LogP contribution in [0.3, 0.4) is 0 Å². The molecule has 0 bridgehead atoms. The van der Waals surface area contributed by atoms with Crippen LogP contribution in [0.25, 0.3) is 10.9 Å². The Morgan fingerprint density at radius 1 is 1.38 bits per heavy atom. The van der Waals surface area contributed by atoms with Crippen LogP contribution in [-0.4, -0.2) is 17.2 Å². The van der Waals surface area contributed by atoms with Gasteiger partial charge in [0, 0.05) is 17.6 Å². The van der Waals surface area contributed by atoms with Crippen LogP contribution in [0.4, 0.5) is 0 Å². The molecule has 0 spiro atoms. The smallest absolute Gasteiger partial charge is 0.162 e. The highest BCUT2D eigenvalue weighted by Crippen LogP contribution is 2.29. The summed E-state index contributed by atoms with van der Waals surface area (Å²) in [6.07, 6.45) is 1.71. The molecule has 3 heteroatoms. The quantitative estimate of drug-likeness (QED) is 0.720. The lowest BCUT2D eigenvalue weighted by atomic mass is 10.2. The fraction of sp³-hybridized carbons (Fsp3) is 0.100. The van der Waals surface area contributed by atoms with E-state index in [1.165, 1.54) is 7.11 Å². The Morgan fingerprint density at radius 2 is 2.23 bits per heavy atom. The molecular weight excluding hydrogens is 166 g/mol. The lowest BCUT2D eigenvalue weighted by Gasteiger charge is -2.03. The molecule has 0 atom stereocenters. The molecule has 1 aromatic heterocycles. The third-order valence-corrected chi connectivity index (χ3v) is 1.90. The first kappa shape index (κ1) is 7.86. The van der Waals surface area contributed by atoms with Gasteiger partial charge in [0.15, 0.2) is 11.5 Å². The summed E-state index contributed by atoms with van der Waals surface area (Å²) in [5.74, 6) is 0.592. The van der Waals surface area contributed by atoms with Gasteiger partial charge in [-0.25, -0.2) is 0 Å². The van der Waals surface area contributed by atoms with E-state index in [2.05, 4.69) is 4.98 Å². The second-order valence-corrected chi connectivity index (χ2v) is 2.72. The Balaban J connectivity index is 2.74. The highest BCUT2D eigenvalue weighted by Gasteiger charge is 2.03. The standard InChI is InChI=1S/C10H9NO2/c1-13-10-6-8-7(5-9(10)12)3-2-4-11-8/h2-6,12H,1H3. The third-order valence-electron chi connectivity index (χ3n) is 1.90. The maximum absolute atomic E-state index is 9.46. The van der Waals surface area contributed by atoms with Gasteiger partial charge in [0.05, 0.1) is 12.6 Å². The Hall–Kier alpha value is -1.77. The van der Waals surface area contributed by atoms with Gasteiger partial charge in [0.1, 0.15) is 0 Å². The molecule has 0 saturated heterocycles. The first-order chi connectivity index (χ1) is 6.31. The van der Waals surface area contributed by atoms with Crippen LogP contribution in [0.1, 0.15) is 0 Å². The Kier molecular flexibility index (Phi) is 1.77. The zero-order chi connectivity index (χ0) is 9.26. The minimum absolute atomic E-state index is 0.142. The molecule has 3 nitrogen and oxygen atoms in total. The number of ether oxygens (including phenoxy) is 1. The van der Waals surface area contributed by atoms with E-state index in [0.717, 1.165) is 10.9 Å². The Bertz CT molecular complexity index is 440. The van der Waals surface area contributed by atoms with E-state index in [0.29, 0.717) is 5.75 Å². The molecule has 0 aliphatic heterocycles. The molecule has 1 aromatic carbocycles. The summed E-state index contributed by atoms with van der Waals surface area (Å²) < 4.78 is 4.96.